The van der Waals surface area contributed by atoms with Gasteiger partial charge in [-0.05, 0) is 205 Å². The van der Waals surface area contributed by atoms with Gasteiger partial charge in [-0.15, -0.1) is 0 Å². The van der Waals surface area contributed by atoms with E-state index in [-0.39, 0.29) is 160 Å². The van der Waals surface area contributed by atoms with E-state index < -0.39 is 28.4 Å². The Morgan fingerprint density at radius 1 is 0.504 bits per heavy atom. The number of halogens is 1. The Balaban J connectivity index is 0.00000160. The van der Waals surface area contributed by atoms with Gasteiger partial charge in [-0.3, -0.25) is 35.1 Å². The average molecular weight is 1920 g/mol. The van der Waals surface area contributed by atoms with E-state index in [4.69, 9.17) is 58.0 Å². The first-order chi connectivity index (χ1) is 56.0. The Morgan fingerprint density at radius 3 is 1.16 bits per heavy atom. The second-order valence-corrected chi connectivity index (χ2v) is 29.8. The molecule has 648 valence electrons. The van der Waals surface area contributed by atoms with Crippen LogP contribution in [0.3, 0.4) is 0 Å². The zero-order valence-electron chi connectivity index (χ0n) is 74.3. The predicted octanol–water partition coefficient (Wildman–Crippen LogP) is 8.22. The summed E-state index contributed by atoms with van der Waals surface area (Å²) in [4.78, 5) is 85.9. The van der Waals surface area contributed by atoms with Crippen LogP contribution in [0, 0.1) is 42.0 Å². The minimum atomic E-state index is -0.836. The molecular weight excluding hydrogens is 1820 g/mol. The van der Waals surface area contributed by atoms with Gasteiger partial charge in [0, 0.05) is 104 Å². The second kappa shape index (κ2) is 50.7. The van der Waals surface area contributed by atoms with Crippen LogP contribution in [0.4, 0.5) is 56.8 Å². The molecule has 2 amide bonds. The number of nitrogens with one attached hydrogen (secondary N) is 2. The van der Waals surface area contributed by atoms with Crippen LogP contribution in [-0.4, -0.2) is 80.5 Å². The number of pyridine rings is 5. The van der Waals surface area contributed by atoms with E-state index in [1.807, 2.05) is 164 Å². The molecule has 6 aromatic heterocycles. The Labute approximate surface area is 803 Å². The zero-order valence-corrected chi connectivity index (χ0v) is 80.3. The van der Waals surface area contributed by atoms with E-state index in [2.05, 4.69) is 77.6 Å². The van der Waals surface area contributed by atoms with Crippen molar-refractivity contribution in [3.63, 3.8) is 0 Å². The van der Waals surface area contributed by atoms with Gasteiger partial charge >= 0.3 is 90.0 Å². The van der Waals surface area contributed by atoms with Crippen LogP contribution in [0.5, 0.6) is 17.2 Å². The zero-order chi connectivity index (χ0) is 87.7. The molecule has 0 saturated carbocycles. The fourth-order valence-electron chi connectivity index (χ4n) is 11.5. The number of esters is 1. The number of nitrogen functional groups attached to an aromatic ring is 5. The number of aromatic nitrogens is 7. The number of aryl methyl sites for hydroxylation is 1. The molecule has 0 fully saturated rings. The van der Waals surface area contributed by atoms with Crippen LogP contribution in [0.2, 0.25) is 0 Å². The maximum absolute atomic E-state index is 13.3. The number of nitrogens with two attached hydrogens (primary N) is 5. The number of ether oxygens (including phenoxy) is 4. The first-order valence-electron chi connectivity index (χ1n) is 36.5. The number of benzene rings is 7. The molecule has 0 aliphatic rings. The summed E-state index contributed by atoms with van der Waals surface area (Å²) in [5.41, 5.74) is 32.7. The Morgan fingerprint density at radius 2 is 0.832 bits per heavy atom. The van der Waals surface area contributed by atoms with Crippen molar-refractivity contribution >= 4 is 120 Å². The van der Waals surface area contributed by atoms with E-state index in [1.165, 1.54) is 38.4 Å². The van der Waals surface area contributed by atoms with Crippen molar-refractivity contribution in [1.29, 1.82) is 0 Å². The number of urea groups is 1. The van der Waals surface area contributed by atoms with Gasteiger partial charge in [0.2, 0.25) is 5.24 Å². The minimum absolute atomic E-state index is 0. The van der Waals surface area contributed by atoms with Gasteiger partial charge in [0.1, 0.15) is 69.0 Å². The van der Waals surface area contributed by atoms with Gasteiger partial charge in [0.05, 0.1) is 56.0 Å². The topological polar surface area (TPSA) is 480 Å². The van der Waals surface area contributed by atoms with Crippen LogP contribution in [-0.2, 0) is 68.1 Å². The Hall–Kier alpha value is -11.1. The number of aliphatic hydroxyl groups is 1. The third-order valence-electron chi connectivity index (χ3n) is 17.5. The molecule has 125 heavy (non-hydrogen) atoms. The Kier molecular flexibility index (Phi) is 45.4. The molecule has 31 nitrogen and oxygen atoms in total. The van der Waals surface area contributed by atoms with Crippen LogP contribution in [0.25, 0.3) is 38.0 Å². The molecule has 0 spiro atoms. The van der Waals surface area contributed by atoms with Crippen molar-refractivity contribution in [2.45, 2.75) is 118 Å². The third-order valence-corrected chi connectivity index (χ3v) is 17.5. The Bertz CT molecular complexity index is 5600. The smallest absolute Gasteiger partial charge is 1.00 e. The molecule has 36 heteroatoms. The van der Waals surface area contributed by atoms with Gasteiger partial charge < -0.3 is 84.5 Å². The molecule has 13 rings (SSSR count). The van der Waals surface area contributed by atoms with Crippen molar-refractivity contribution < 1.29 is 164 Å². The summed E-state index contributed by atoms with van der Waals surface area (Å²) in [5.74, 6) is 4.05. The number of anilines is 7. The molecule has 0 saturated heterocycles. The first-order valence-corrected chi connectivity index (χ1v) is 36.9. The fraction of sp³-hybridized carbons (Fsp3) is 0.213. The van der Waals surface area contributed by atoms with E-state index >= 15 is 0 Å². The molecule has 13 N–H and O–H groups in total. The number of hydrogen-bond donors (Lipinski definition) is 8. The number of amides is 2. The molecule has 0 aliphatic carbocycles. The number of rotatable bonds is 17. The number of fused-ring (bicyclic) bond motifs is 3. The normalized spacial score (nSPS) is 10.5. The van der Waals surface area contributed by atoms with Crippen molar-refractivity contribution in [3.8, 4) is 22.9 Å². The number of carbonyl (C=O) groups is 4. The van der Waals surface area contributed by atoms with E-state index in [0.717, 1.165) is 50.0 Å². The van der Waals surface area contributed by atoms with Crippen LogP contribution in [0.15, 0.2) is 231 Å². The van der Waals surface area contributed by atoms with Gasteiger partial charge in [-0.2, -0.15) is 5.10 Å². The molecule has 13 aromatic rings. The summed E-state index contributed by atoms with van der Waals surface area (Å²) in [6.45, 7) is 24.5. The number of nitro benzene ring substituents is 2. The van der Waals surface area contributed by atoms with Crippen molar-refractivity contribution in [2.75, 3.05) is 46.4 Å². The number of hydrogen-bond acceptors (Lipinski definition) is 26. The average Bonchev–Trinajstić information content (AvgIpc) is 1.09. The van der Waals surface area contributed by atoms with E-state index in [9.17, 15) is 39.7 Å². The summed E-state index contributed by atoms with van der Waals surface area (Å²) in [5, 5.41) is 55.1. The quantitative estimate of drug-likeness (QED) is 0.00621. The van der Waals surface area contributed by atoms with E-state index in [0.29, 0.717) is 85.0 Å². The molecule has 0 radical (unpaired) electrons. The van der Waals surface area contributed by atoms with Crippen LogP contribution >= 0.6 is 11.6 Å². The maximum Gasteiger partial charge on any atom is 1.00 e. The fourth-order valence-corrected chi connectivity index (χ4v) is 11.5. The van der Waals surface area contributed by atoms with Crippen molar-refractivity contribution in [2.24, 2.45) is 0 Å². The van der Waals surface area contributed by atoms with Gasteiger partial charge in [0.25, 0.3) is 17.8 Å². The second-order valence-electron chi connectivity index (χ2n) is 29.3. The summed E-state index contributed by atoms with van der Waals surface area (Å²) in [6.07, 6.45) is 7.98. The molecule has 0 unspecified atom stereocenters. The van der Waals surface area contributed by atoms with E-state index in [1.54, 1.807) is 110 Å². The SMILES string of the molecule is CC(=O)Cl.CC(C)(O)c1ccnc(N)c1.CC(C)(Oc1ccc([N+](=O)[O-])c2ccccc12)c1ccnc(N)c1.CC(C)(Oc1ccc([N+](=O)[O-])c2ccccc12)c1ccnc(N)c1.COC(=O)c1ccnc(N)c1.Cc1ccc(-n2nc(C(C)(C)C)cc2NC(=O)Nc2ccc(OC(C)(C)c3ccnc(N)c3)c3ccccc23)cc1.O=CO[O-].[CH3-].[CH3-].[H-].[Li+].[Na+].[Na+].[Pt]. The summed E-state index contributed by atoms with van der Waals surface area (Å²) >= 11 is 4.64. The number of non-ortho nitro benzene ring substituents is 2. The monoisotopic (exact) mass is 1920 g/mol. The minimum Gasteiger partial charge on any atom is -1.00 e. The summed E-state index contributed by atoms with van der Waals surface area (Å²) in [7, 11) is 1.32. The summed E-state index contributed by atoms with van der Waals surface area (Å²) in [6, 6.07) is 58.9. The molecule has 0 aliphatic heterocycles. The van der Waals surface area contributed by atoms with Gasteiger partial charge in [-0.25, -0.2) is 39.2 Å². The maximum atomic E-state index is 13.3. The van der Waals surface area contributed by atoms with Gasteiger partial charge in [-0.1, -0.05) is 99.1 Å². The molecule has 6 heterocycles. The summed E-state index contributed by atoms with van der Waals surface area (Å²) < 4.78 is 25.1. The molecular formula is C89H101ClLiN16Na2O15Pt-. The number of nitro groups is 2. The molecule has 0 atom stereocenters. The predicted molar refractivity (Wildman–Crippen MR) is 473 cm³/mol. The van der Waals surface area contributed by atoms with Crippen molar-refractivity contribution in [1.82, 2.24) is 34.7 Å². The van der Waals surface area contributed by atoms with Gasteiger partial charge in [0.15, 0.2) is 0 Å². The number of carbonyl (C=O) groups excluding carboxylic acids is 4. The van der Waals surface area contributed by atoms with Crippen LogP contribution in [0.1, 0.15) is 128 Å². The third kappa shape index (κ3) is 33.0. The number of methoxy groups -OCH3 is 1. The first kappa shape index (κ1) is 112. The molecule has 7 aromatic carbocycles. The molecule has 0 bridgehead atoms. The standard InChI is InChI=1S/C33H36N6O2.2C18H17N3O3.C8H12N2O.C7H8N2O2.C2H3ClO.CH2O3.2CH3.Li.2Na.Pt.H/c1-21-11-13-23(14-12-21)39-30(20-28(38-39)32(2,3)4)37-31(40)36-26-15-16-27(25-10-8-7-9-24(25)26)41-33(5,6)22-17-18-35-29(34)19-22;2*1-18(2,12-9-10-20-17(19)11-12)24-16-8-7-15(21(22)23)13-5-3-4-6-14(13)16;1-8(2,11)6-3-4-10-7(9)5-6;1-11-7(10)5-2-3-9-6(8)4-5;1-2(3)4;2-1-4-3;;;;;;;/h7-20H,1-6H3,(H2,34,35)(H2,36,37,40);2*3-11H,1-2H3,(H2,19,20);3-5,11H,1-2H3,(H2,9,10);2-4H,1H3,(H2,8,9);1H3;1,3H;2*1H3;;;;;/q;;;;;;;2*-1;3*+1;;-1/p-1. The van der Waals surface area contributed by atoms with Crippen LogP contribution < -0.4 is 137 Å². The van der Waals surface area contributed by atoms with Crippen molar-refractivity contribution in [3.05, 3.63) is 305 Å². The number of nitrogens with zero attached hydrogens (tertiary/aromatic N) is 9. The largest absolute Gasteiger partial charge is 1.00 e.